The monoisotopic (exact) mass is 257 g/mol. The van der Waals surface area contributed by atoms with Gasteiger partial charge in [-0.3, -0.25) is 4.79 Å². The summed E-state index contributed by atoms with van der Waals surface area (Å²) in [7, 11) is 0. The molecule has 1 atom stereocenters. The smallest absolute Gasteiger partial charge is 0.314 e. The lowest BCUT2D eigenvalue weighted by Gasteiger charge is -2.35. The lowest BCUT2D eigenvalue weighted by atomic mass is 9.67. The highest BCUT2D eigenvalue weighted by atomic mass is 16.5. The van der Waals surface area contributed by atoms with Gasteiger partial charge in [0.15, 0.2) is 0 Å². The van der Waals surface area contributed by atoms with Crippen LogP contribution in [0, 0.1) is 0 Å². The Morgan fingerprint density at radius 3 is 3.00 bits per heavy atom. The van der Waals surface area contributed by atoms with E-state index in [0.717, 1.165) is 29.5 Å². The molecule has 19 heavy (non-hydrogen) atoms. The van der Waals surface area contributed by atoms with Crippen LogP contribution in [-0.4, -0.2) is 16.2 Å². The SMILES string of the molecule is O=C(O)C1(Cc2cnoc2)CCCc2ccccc21. The van der Waals surface area contributed by atoms with Gasteiger partial charge < -0.3 is 9.63 Å². The maximum absolute atomic E-state index is 11.9. The maximum atomic E-state index is 11.9. The van der Waals surface area contributed by atoms with Gasteiger partial charge in [-0.05, 0) is 36.8 Å². The number of carboxylic acid groups (broad SMARTS) is 1. The van der Waals surface area contributed by atoms with Crippen LogP contribution in [0.15, 0.2) is 41.2 Å². The van der Waals surface area contributed by atoms with Gasteiger partial charge >= 0.3 is 5.97 Å². The molecule has 4 nitrogen and oxygen atoms in total. The Morgan fingerprint density at radius 1 is 1.42 bits per heavy atom. The summed E-state index contributed by atoms with van der Waals surface area (Å²) >= 11 is 0. The third-order valence-electron chi connectivity index (χ3n) is 3.98. The fraction of sp³-hybridized carbons (Fsp3) is 0.333. The van der Waals surface area contributed by atoms with Gasteiger partial charge in [0, 0.05) is 5.56 Å². The lowest BCUT2D eigenvalue weighted by molar-refractivity contribution is -0.144. The first-order valence-corrected chi connectivity index (χ1v) is 6.42. The highest BCUT2D eigenvalue weighted by molar-refractivity contribution is 5.83. The summed E-state index contributed by atoms with van der Waals surface area (Å²) in [6.45, 7) is 0. The van der Waals surface area contributed by atoms with Crippen LogP contribution in [-0.2, 0) is 23.1 Å². The van der Waals surface area contributed by atoms with Crippen molar-refractivity contribution in [1.29, 1.82) is 0 Å². The number of hydrogen-bond acceptors (Lipinski definition) is 3. The molecule has 0 amide bonds. The molecule has 1 N–H and O–H groups in total. The summed E-state index contributed by atoms with van der Waals surface area (Å²) in [4.78, 5) is 11.9. The standard InChI is InChI=1S/C15H15NO3/c17-14(18)15(8-11-9-16-19-10-11)7-3-5-12-4-1-2-6-13(12)15/h1-2,4,6,9-10H,3,5,7-8H2,(H,17,18). The number of benzene rings is 1. The molecule has 0 saturated heterocycles. The Morgan fingerprint density at radius 2 is 2.26 bits per heavy atom. The number of rotatable bonds is 3. The van der Waals surface area contributed by atoms with Crippen molar-refractivity contribution in [3.05, 3.63) is 53.4 Å². The van der Waals surface area contributed by atoms with Crippen molar-refractivity contribution in [2.75, 3.05) is 0 Å². The maximum Gasteiger partial charge on any atom is 0.314 e. The van der Waals surface area contributed by atoms with E-state index in [1.807, 2.05) is 24.3 Å². The molecule has 0 radical (unpaired) electrons. The van der Waals surface area contributed by atoms with E-state index in [9.17, 15) is 9.90 Å². The average molecular weight is 257 g/mol. The number of nitrogens with zero attached hydrogens (tertiary/aromatic N) is 1. The third kappa shape index (κ3) is 1.93. The van der Waals surface area contributed by atoms with E-state index in [1.54, 1.807) is 6.20 Å². The van der Waals surface area contributed by atoms with E-state index in [-0.39, 0.29) is 0 Å². The van der Waals surface area contributed by atoms with Gasteiger partial charge in [0.25, 0.3) is 0 Å². The van der Waals surface area contributed by atoms with Crippen molar-refractivity contribution in [1.82, 2.24) is 5.16 Å². The number of carboxylic acids is 1. The number of aromatic nitrogens is 1. The molecule has 1 aromatic carbocycles. The van der Waals surface area contributed by atoms with E-state index in [4.69, 9.17) is 4.52 Å². The lowest BCUT2D eigenvalue weighted by Crippen LogP contribution is -2.41. The van der Waals surface area contributed by atoms with Crippen molar-refractivity contribution in [2.24, 2.45) is 0 Å². The first kappa shape index (κ1) is 12.0. The van der Waals surface area contributed by atoms with Crippen molar-refractivity contribution < 1.29 is 14.4 Å². The van der Waals surface area contributed by atoms with Crippen LogP contribution in [0.1, 0.15) is 29.5 Å². The number of fused-ring (bicyclic) bond motifs is 1. The molecule has 1 aliphatic carbocycles. The first-order valence-electron chi connectivity index (χ1n) is 6.42. The minimum atomic E-state index is -0.847. The Kier molecular flexibility index (Phi) is 2.85. The van der Waals surface area contributed by atoms with Gasteiger partial charge in [0.1, 0.15) is 6.26 Å². The van der Waals surface area contributed by atoms with E-state index < -0.39 is 11.4 Å². The van der Waals surface area contributed by atoms with Crippen LogP contribution in [0.25, 0.3) is 0 Å². The molecule has 3 rings (SSSR count). The summed E-state index contributed by atoms with van der Waals surface area (Å²) < 4.78 is 4.83. The van der Waals surface area contributed by atoms with E-state index in [0.29, 0.717) is 12.8 Å². The van der Waals surface area contributed by atoms with Crippen LogP contribution < -0.4 is 0 Å². The quantitative estimate of drug-likeness (QED) is 0.917. The van der Waals surface area contributed by atoms with Crippen molar-refractivity contribution in [3.63, 3.8) is 0 Å². The zero-order chi connectivity index (χ0) is 13.3. The summed E-state index contributed by atoms with van der Waals surface area (Å²) in [5.74, 6) is -0.763. The number of carbonyl (C=O) groups is 1. The van der Waals surface area contributed by atoms with Crippen LogP contribution in [0.4, 0.5) is 0 Å². The zero-order valence-corrected chi connectivity index (χ0v) is 10.5. The van der Waals surface area contributed by atoms with Gasteiger partial charge in [-0.15, -0.1) is 0 Å². The van der Waals surface area contributed by atoms with Crippen molar-refractivity contribution in [3.8, 4) is 0 Å². The Labute approximate surface area is 111 Å². The van der Waals surface area contributed by atoms with Crippen LogP contribution in [0.3, 0.4) is 0 Å². The van der Waals surface area contributed by atoms with E-state index in [2.05, 4.69) is 5.16 Å². The molecule has 0 fully saturated rings. The minimum absolute atomic E-state index is 0.433. The molecule has 1 unspecified atom stereocenters. The van der Waals surface area contributed by atoms with Gasteiger partial charge in [0.2, 0.25) is 0 Å². The van der Waals surface area contributed by atoms with Crippen LogP contribution >= 0.6 is 0 Å². The van der Waals surface area contributed by atoms with Gasteiger partial charge in [-0.25, -0.2) is 0 Å². The fourth-order valence-corrected chi connectivity index (χ4v) is 3.06. The predicted molar refractivity (Wildman–Crippen MR) is 68.9 cm³/mol. The molecule has 0 aliphatic heterocycles. The van der Waals surface area contributed by atoms with Crippen LogP contribution in [0.5, 0.6) is 0 Å². The van der Waals surface area contributed by atoms with Gasteiger partial charge in [-0.1, -0.05) is 29.4 Å². The molecule has 0 saturated carbocycles. The molecule has 1 heterocycles. The Bertz CT molecular complexity index is 591. The Balaban J connectivity index is 2.09. The molecule has 98 valence electrons. The van der Waals surface area contributed by atoms with Gasteiger partial charge in [0.05, 0.1) is 11.6 Å². The highest BCUT2D eigenvalue weighted by Crippen LogP contribution is 2.40. The fourth-order valence-electron chi connectivity index (χ4n) is 3.06. The summed E-state index contributed by atoms with van der Waals surface area (Å²) in [6, 6.07) is 7.85. The van der Waals surface area contributed by atoms with E-state index >= 15 is 0 Å². The van der Waals surface area contributed by atoms with Gasteiger partial charge in [-0.2, -0.15) is 0 Å². The predicted octanol–water partition coefficient (Wildman–Crippen LogP) is 2.58. The summed E-state index contributed by atoms with van der Waals surface area (Å²) in [5.41, 5.74) is 2.07. The normalized spacial score (nSPS) is 21.9. The second-order valence-electron chi connectivity index (χ2n) is 5.11. The average Bonchev–Trinajstić information content (AvgIpc) is 2.91. The molecular formula is C15H15NO3. The molecule has 4 heteroatoms. The largest absolute Gasteiger partial charge is 0.481 e. The summed E-state index contributed by atoms with van der Waals surface area (Å²) in [5, 5.41) is 13.4. The molecule has 0 bridgehead atoms. The van der Waals surface area contributed by atoms with E-state index in [1.165, 1.54) is 6.26 Å². The number of aryl methyl sites for hydroxylation is 1. The van der Waals surface area contributed by atoms with Crippen molar-refractivity contribution >= 4 is 5.97 Å². The van der Waals surface area contributed by atoms with Crippen molar-refractivity contribution in [2.45, 2.75) is 31.1 Å². The number of hydrogen-bond donors (Lipinski definition) is 1. The summed E-state index contributed by atoms with van der Waals surface area (Å²) in [6.07, 6.45) is 6.07. The van der Waals surface area contributed by atoms with Crippen LogP contribution in [0.2, 0.25) is 0 Å². The highest BCUT2D eigenvalue weighted by Gasteiger charge is 2.43. The second-order valence-corrected chi connectivity index (χ2v) is 5.11. The molecule has 1 aliphatic rings. The molecule has 1 aromatic heterocycles. The third-order valence-corrected chi connectivity index (χ3v) is 3.98. The number of aliphatic carboxylic acids is 1. The Hall–Kier alpha value is -2.10. The second kappa shape index (κ2) is 4.53. The first-order chi connectivity index (χ1) is 9.22. The molecular weight excluding hydrogens is 242 g/mol. The molecule has 2 aromatic rings. The molecule has 0 spiro atoms. The topological polar surface area (TPSA) is 63.3 Å². The zero-order valence-electron chi connectivity index (χ0n) is 10.5. The minimum Gasteiger partial charge on any atom is -0.481 e.